The number of nitrogens with one attached hydrogen (secondary N) is 2. The van der Waals surface area contributed by atoms with E-state index in [9.17, 15) is 8.42 Å². The van der Waals surface area contributed by atoms with Crippen molar-refractivity contribution in [2.45, 2.75) is 65.0 Å². The Kier molecular flexibility index (Phi) is 8.78. The molecule has 0 aromatic carbocycles. The number of sulfonamides is 1. The first-order valence-electron chi connectivity index (χ1n) is 8.35. The van der Waals surface area contributed by atoms with Crippen molar-refractivity contribution in [2.75, 3.05) is 31.9 Å². The molecule has 1 fully saturated rings. The van der Waals surface area contributed by atoms with Crippen LogP contribution < -0.4 is 10.0 Å². The summed E-state index contributed by atoms with van der Waals surface area (Å²) >= 11 is 0. The number of unbranched alkanes of at least 4 members (excludes halogenated alkanes) is 1. The Morgan fingerprint density at radius 3 is 2.33 bits per heavy atom. The molecule has 1 aliphatic heterocycles. The smallest absolute Gasteiger partial charge is 0.211 e. The van der Waals surface area contributed by atoms with E-state index in [0.29, 0.717) is 12.5 Å². The van der Waals surface area contributed by atoms with E-state index in [1.54, 1.807) is 0 Å². The van der Waals surface area contributed by atoms with Gasteiger partial charge in [-0.25, -0.2) is 13.1 Å². The Bertz CT molecular complexity index is 365. The first-order valence-corrected chi connectivity index (χ1v) is 10.00. The fraction of sp³-hybridized carbons (Fsp3) is 1.00. The van der Waals surface area contributed by atoms with Crippen molar-refractivity contribution in [1.29, 1.82) is 0 Å². The lowest BCUT2D eigenvalue weighted by Crippen LogP contribution is -2.44. The van der Waals surface area contributed by atoms with Crippen molar-refractivity contribution in [1.82, 2.24) is 14.9 Å². The molecule has 0 saturated carbocycles. The minimum atomic E-state index is -3.14. The van der Waals surface area contributed by atoms with Crippen LogP contribution in [-0.4, -0.2) is 57.3 Å². The van der Waals surface area contributed by atoms with E-state index in [1.165, 1.54) is 19.3 Å². The number of likely N-dealkylation sites (tertiary alicyclic amines) is 1. The predicted octanol–water partition coefficient (Wildman–Crippen LogP) is 1.56. The van der Waals surface area contributed by atoms with E-state index in [2.05, 4.69) is 28.8 Å². The maximum absolute atomic E-state index is 12.0. The standard InChI is InChI=1S/C15H33N3O2S/c1-14(2)16-9-5-8-12-21(19,20)17-15(3)13-18-10-6-4-7-11-18/h14-17H,4-13H2,1-3H3. The number of hydrogen-bond donors (Lipinski definition) is 2. The van der Waals surface area contributed by atoms with E-state index < -0.39 is 10.0 Å². The molecule has 0 bridgehead atoms. The number of nitrogens with zero attached hydrogens (tertiary/aromatic N) is 1. The summed E-state index contributed by atoms with van der Waals surface area (Å²) in [5.41, 5.74) is 0. The fourth-order valence-electron chi connectivity index (χ4n) is 2.74. The van der Waals surface area contributed by atoms with E-state index in [4.69, 9.17) is 0 Å². The second-order valence-electron chi connectivity index (χ2n) is 6.51. The molecule has 0 radical (unpaired) electrons. The highest BCUT2D eigenvalue weighted by Crippen LogP contribution is 2.09. The molecule has 126 valence electrons. The molecule has 0 spiro atoms. The van der Waals surface area contributed by atoms with Gasteiger partial charge in [0.1, 0.15) is 0 Å². The van der Waals surface area contributed by atoms with Crippen LogP contribution >= 0.6 is 0 Å². The second kappa shape index (κ2) is 9.77. The van der Waals surface area contributed by atoms with Gasteiger partial charge < -0.3 is 10.2 Å². The Hall–Kier alpha value is -0.170. The first kappa shape index (κ1) is 18.9. The zero-order valence-corrected chi connectivity index (χ0v) is 14.7. The summed E-state index contributed by atoms with van der Waals surface area (Å²) < 4.78 is 26.9. The maximum atomic E-state index is 12.0. The largest absolute Gasteiger partial charge is 0.315 e. The van der Waals surface area contributed by atoms with Crippen LogP contribution in [0.25, 0.3) is 0 Å². The van der Waals surface area contributed by atoms with Crippen LogP contribution in [0.15, 0.2) is 0 Å². The summed E-state index contributed by atoms with van der Waals surface area (Å²) in [6.45, 7) is 10.1. The third-order valence-electron chi connectivity index (χ3n) is 3.75. The summed E-state index contributed by atoms with van der Waals surface area (Å²) in [6, 6.07) is 0.464. The number of rotatable bonds is 10. The quantitative estimate of drug-likeness (QED) is 0.600. The van der Waals surface area contributed by atoms with Gasteiger partial charge in [0.25, 0.3) is 0 Å². The van der Waals surface area contributed by atoms with Gasteiger partial charge in [-0.1, -0.05) is 20.3 Å². The SMILES string of the molecule is CC(C)NCCCCS(=O)(=O)NC(C)CN1CCCCC1. The average molecular weight is 320 g/mol. The average Bonchev–Trinajstić information content (AvgIpc) is 2.38. The van der Waals surface area contributed by atoms with Crippen LogP contribution in [0.4, 0.5) is 0 Å². The third kappa shape index (κ3) is 9.45. The van der Waals surface area contributed by atoms with Crippen LogP contribution in [0.5, 0.6) is 0 Å². The van der Waals surface area contributed by atoms with Gasteiger partial charge in [0.05, 0.1) is 5.75 Å². The van der Waals surface area contributed by atoms with Crippen LogP contribution in [0.1, 0.15) is 52.9 Å². The molecule has 1 rings (SSSR count). The Morgan fingerprint density at radius 1 is 1.05 bits per heavy atom. The van der Waals surface area contributed by atoms with Crippen molar-refractivity contribution in [2.24, 2.45) is 0 Å². The molecular weight excluding hydrogens is 286 g/mol. The monoisotopic (exact) mass is 319 g/mol. The van der Waals surface area contributed by atoms with Gasteiger partial charge in [-0.05, 0) is 52.2 Å². The lowest BCUT2D eigenvalue weighted by molar-refractivity contribution is 0.215. The summed E-state index contributed by atoms with van der Waals surface area (Å²) in [6.07, 6.45) is 5.40. The normalized spacial score (nSPS) is 19.0. The van der Waals surface area contributed by atoms with E-state index >= 15 is 0 Å². The van der Waals surface area contributed by atoms with E-state index in [0.717, 1.165) is 32.6 Å². The molecule has 0 aromatic heterocycles. The Morgan fingerprint density at radius 2 is 1.71 bits per heavy atom. The van der Waals surface area contributed by atoms with Crippen molar-refractivity contribution in [3.8, 4) is 0 Å². The highest BCUT2D eigenvalue weighted by Gasteiger charge is 2.18. The molecule has 1 atom stereocenters. The highest BCUT2D eigenvalue weighted by molar-refractivity contribution is 7.89. The Labute approximate surface area is 130 Å². The van der Waals surface area contributed by atoms with Crippen molar-refractivity contribution in [3.05, 3.63) is 0 Å². The van der Waals surface area contributed by atoms with E-state index in [1.807, 2.05) is 6.92 Å². The van der Waals surface area contributed by atoms with Gasteiger partial charge in [0, 0.05) is 18.6 Å². The van der Waals surface area contributed by atoms with Crippen LogP contribution in [0, 0.1) is 0 Å². The molecule has 1 aliphatic rings. The van der Waals surface area contributed by atoms with Gasteiger partial charge >= 0.3 is 0 Å². The van der Waals surface area contributed by atoms with Crippen molar-refractivity contribution < 1.29 is 8.42 Å². The predicted molar refractivity (Wildman–Crippen MR) is 89.0 cm³/mol. The number of hydrogen-bond acceptors (Lipinski definition) is 4. The zero-order valence-electron chi connectivity index (χ0n) is 13.9. The lowest BCUT2D eigenvalue weighted by Gasteiger charge is -2.29. The van der Waals surface area contributed by atoms with E-state index in [-0.39, 0.29) is 11.8 Å². The van der Waals surface area contributed by atoms with Gasteiger partial charge in [-0.15, -0.1) is 0 Å². The Balaban J connectivity index is 2.18. The molecule has 6 heteroatoms. The van der Waals surface area contributed by atoms with Crippen molar-refractivity contribution in [3.63, 3.8) is 0 Å². The summed E-state index contributed by atoms with van der Waals surface area (Å²) in [4.78, 5) is 2.36. The van der Waals surface area contributed by atoms with Crippen molar-refractivity contribution >= 4 is 10.0 Å². The molecule has 5 nitrogen and oxygen atoms in total. The number of piperidine rings is 1. The molecule has 2 N–H and O–H groups in total. The molecule has 0 aliphatic carbocycles. The molecule has 0 amide bonds. The molecule has 0 aromatic rings. The first-order chi connectivity index (χ1) is 9.89. The summed E-state index contributed by atoms with van der Waals surface area (Å²) in [7, 11) is -3.14. The van der Waals surface area contributed by atoms with Gasteiger partial charge in [0.2, 0.25) is 10.0 Å². The molecule has 1 unspecified atom stereocenters. The topological polar surface area (TPSA) is 61.4 Å². The third-order valence-corrected chi connectivity index (χ3v) is 5.34. The van der Waals surface area contributed by atoms with Gasteiger partial charge in [-0.3, -0.25) is 0 Å². The molecule has 21 heavy (non-hydrogen) atoms. The molecular formula is C15H33N3O2S. The van der Waals surface area contributed by atoms with Crippen LogP contribution in [0.2, 0.25) is 0 Å². The minimum absolute atomic E-state index is 0.00175. The van der Waals surface area contributed by atoms with Gasteiger partial charge in [-0.2, -0.15) is 0 Å². The zero-order chi connectivity index (χ0) is 15.7. The van der Waals surface area contributed by atoms with Gasteiger partial charge in [0.15, 0.2) is 0 Å². The molecule has 1 saturated heterocycles. The maximum Gasteiger partial charge on any atom is 0.211 e. The second-order valence-corrected chi connectivity index (χ2v) is 8.39. The van der Waals surface area contributed by atoms with Crippen LogP contribution in [-0.2, 0) is 10.0 Å². The summed E-state index contributed by atoms with van der Waals surface area (Å²) in [5, 5.41) is 3.30. The lowest BCUT2D eigenvalue weighted by atomic mass is 10.1. The fourth-order valence-corrected chi connectivity index (χ4v) is 4.13. The van der Waals surface area contributed by atoms with Crippen LogP contribution in [0.3, 0.4) is 0 Å². The minimum Gasteiger partial charge on any atom is -0.315 e. The highest BCUT2D eigenvalue weighted by atomic mass is 32.2. The summed E-state index contributed by atoms with van der Waals surface area (Å²) in [5.74, 6) is 0.233. The molecule has 1 heterocycles.